The van der Waals surface area contributed by atoms with Gasteiger partial charge >= 0.3 is 17.9 Å². The molecule has 67 heavy (non-hydrogen) atoms. The molecule has 6 heteroatoms. The lowest BCUT2D eigenvalue weighted by atomic mass is 10.1. The maximum Gasteiger partial charge on any atom is 0.306 e. The van der Waals surface area contributed by atoms with E-state index >= 15 is 0 Å². The number of ether oxygens (including phenoxy) is 3. The third-order valence-electron chi connectivity index (χ3n) is 10.5. The third-order valence-corrected chi connectivity index (χ3v) is 10.5. The molecule has 0 rings (SSSR count). The van der Waals surface area contributed by atoms with Gasteiger partial charge in [0.1, 0.15) is 13.2 Å². The Balaban J connectivity index is 4.61. The van der Waals surface area contributed by atoms with Crippen LogP contribution in [-0.4, -0.2) is 37.2 Å². The van der Waals surface area contributed by atoms with Crippen LogP contribution in [0.5, 0.6) is 0 Å². The molecule has 0 N–H and O–H groups in total. The lowest BCUT2D eigenvalue weighted by Crippen LogP contribution is -2.30. The van der Waals surface area contributed by atoms with E-state index in [1.165, 1.54) is 77.0 Å². The first-order chi connectivity index (χ1) is 33.0. The number of carbonyl (C=O) groups excluding carboxylic acids is 3. The predicted octanol–water partition coefficient (Wildman–Crippen LogP) is 17.6. The molecule has 0 aliphatic rings. The fraction of sp³-hybridized carbons (Fsp3) is 0.557. The average Bonchev–Trinajstić information content (AvgIpc) is 3.33. The van der Waals surface area contributed by atoms with Gasteiger partial charge in [0.05, 0.1) is 0 Å². The van der Waals surface area contributed by atoms with E-state index in [0.717, 1.165) is 70.6 Å². The summed E-state index contributed by atoms with van der Waals surface area (Å²) in [5.74, 6) is -1.11. The average molecular weight is 923 g/mol. The van der Waals surface area contributed by atoms with Gasteiger partial charge in [0.15, 0.2) is 6.10 Å². The van der Waals surface area contributed by atoms with Gasteiger partial charge in [0.25, 0.3) is 0 Å². The molecule has 0 saturated heterocycles. The van der Waals surface area contributed by atoms with Crippen molar-refractivity contribution in [3.8, 4) is 0 Å². The van der Waals surface area contributed by atoms with E-state index in [1.54, 1.807) is 0 Å². The minimum absolute atomic E-state index is 0.146. The van der Waals surface area contributed by atoms with Gasteiger partial charge in [-0.05, 0) is 96.3 Å². The normalized spacial score (nSPS) is 13.3. The summed E-state index contributed by atoms with van der Waals surface area (Å²) in [6.45, 7) is 6.22. The molecule has 0 bridgehead atoms. The van der Waals surface area contributed by atoms with Gasteiger partial charge < -0.3 is 14.2 Å². The van der Waals surface area contributed by atoms with Crippen LogP contribution >= 0.6 is 0 Å². The lowest BCUT2D eigenvalue weighted by molar-refractivity contribution is -0.166. The van der Waals surface area contributed by atoms with E-state index in [2.05, 4.69) is 99.8 Å². The predicted molar refractivity (Wildman–Crippen MR) is 288 cm³/mol. The molecule has 0 aromatic rings. The number of unbranched alkanes of at least 4 members (excludes halogenated alkanes) is 14. The van der Waals surface area contributed by atoms with Crippen molar-refractivity contribution in [3.63, 3.8) is 0 Å². The molecule has 1 atom stereocenters. The van der Waals surface area contributed by atoms with Crippen LogP contribution in [0.15, 0.2) is 146 Å². The van der Waals surface area contributed by atoms with Crippen molar-refractivity contribution in [3.05, 3.63) is 146 Å². The molecule has 0 heterocycles. The molecule has 0 aliphatic heterocycles. The van der Waals surface area contributed by atoms with Crippen molar-refractivity contribution in [2.24, 2.45) is 0 Å². The zero-order chi connectivity index (χ0) is 48.6. The van der Waals surface area contributed by atoms with Crippen molar-refractivity contribution < 1.29 is 28.6 Å². The summed E-state index contributed by atoms with van der Waals surface area (Å²) < 4.78 is 16.7. The van der Waals surface area contributed by atoms with Gasteiger partial charge in [-0.25, -0.2) is 0 Å². The van der Waals surface area contributed by atoms with Crippen LogP contribution in [-0.2, 0) is 28.6 Å². The zero-order valence-electron chi connectivity index (χ0n) is 42.6. The molecule has 0 aromatic carbocycles. The Kier molecular flexibility index (Phi) is 50.1. The largest absolute Gasteiger partial charge is 0.462 e. The van der Waals surface area contributed by atoms with Crippen LogP contribution in [0.4, 0.5) is 0 Å². The molecule has 0 radical (unpaired) electrons. The zero-order valence-corrected chi connectivity index (χ0v) is 42.6. The number of rotatable bonds is 45. The van der Waals surface area contributed by atoms with Gasteiger partial charge in [-0.3, -0.25) is 14.4 Å². The molecule has 0 spiro atoms. The summed E-state index contributed by atoms with van der Waals surface area (Å²) in [7, 11) is 0. The van der Waals surface area contributed by atoms with Gasteiger partial charge in [-0.15, -0.1) is 0 Å². The van der Waals surface area contributed by atoms with Crippen LogP contribution in [0.1, 0.15) is 201 Å². The minimum Gasteiger partial charge on any atom is -0.462 e. The highest BCUT2D eigenvalue weighted by Crippen LogP contribution is 2.13. The molecular weight excluding hydrogens is 829 g/mol. The van der Waals surface area contributed by atoms with Gasteiger partial charge in [-0.2, -0.15) is 0 Å². The van der Waals surface area contributed by atoms with Crippen molar-refractivity contribution in [1.29, 1.82) is 0 Å². The first kappa shape index (κ1) is 62.3. The Bertz CT molecular complexity index is 1530. The number of carbonyl (C=O) groups is 3. The smallest absolute Gasteiger partial charge is 0.306 e. The van der Waals surface area contributed by atoms with Crippen LogP contribution in [0.3, 0.4) is 0 Å². The summed E-state index contributed by atoms with van der Waals surface area (Å²) in [5, 5.41) is 0. The second-order valence-electron chi connectivity index (χ2n) is 16.8. The van der Waals surface area contributed by atoms with Crippen molar-refractivity contribution in [1.82, 2.24) is 0 Å². The molecule has 1 unspecified atom stereocenters. The Morgan fingerprint density at radius 1 is 0.328 bits per heavy atom. The molecule has 6 nitrogen and oxygen atoms in total. The quantitative estimate of drug-likeness (QED) is 0.0199. The maximum absolute atomic E-state index is 12.8. The van der Waals surface area contributed by atoms with Crippen LogP contribution in [0.25, 0.3) is 0 Å². The van der Waals surface area contributed by atoms with Crippen LogP contribution < -0.4 is 0 Å². The van der Waals surface area contributed by atoms with Crippen molar-refractivity contribution in [2.75, 3.05) is 13.2 Å². The summed E-state index contributed by atoms with van der Waals surface area (Å²) in [6, 6.07) is 0. The fourth-order valence-corrected chi connectivity index (χ4v) is 6.55. The molecule has 374 valence electrons. The van der Waals surface area contributed by atoms with Gasteiger partial charge in [-0.1, -0.05) is 231 Å². The fourth-order valence-electron chi connectivity index (χ4n) is 6.55. The van der Waals surface area contributed by atoms with E-state index in [4.69, 9.17) is 14.2 Å². The third kappa shape index (κ3) is 52.1. The Labute approximate surface area is 410 Å². The summed E-state index contributed by atoms with van der Waals surface area (Å²) in [6.07, 6.45) is 77.1. The van der Waals surface area contributed by atoms with E-state index in [9.17, 15) is 14.4 Å². The minimum atomic E-state index is -0.846. The number of hydrogen-bond donors (Lipinski definition) is 0. The summed E-state index contributed by atoms with van der Waals surface area (Å²) in [5.41, 5.74) is 0. The van der Waals surface area contributed by atoms with Gasteiger partial charge in [0.2, 0.25) is 0 Å². The highest BCUT2D eigenvalue weighted by molar-refractivity contribution is 5.71. The Morgan fingerprint density at radius 3 is 1.21 bits per heavy atom. The monoisotopic (exact) mass is 923 g/mol. The molecule has 0 aromatic heterocycles. The molecular formula is C61H94O6. The topological polar surface area (TPSA) is 78.9 Å². The highest BCUT2D eigenvalue weighted by Gasteiger charge is 2.19. The first-order valence-corrected chi connectivity index (χ1v) is 26.4. The van der Waals surface area contributed by atoms with Crippen molar-refractivity contribution in [2.45, 2.75) is 207 Å². The van der Waals surface area contributed by atoms with Crippen LogP contribution in [0.2, 0.25) is 0 Å². The van der Waals surface area contributed by atoms with E-state index in [-0.39, 0.29) is 50.4 Å². The number of allylic oxidation sites excluding steroid dienone is 24. The molecule has 0 amide bonds. The first-order valence-electron chi connectivity index (χ1n) is 26.4. The SMILES string of the molecule is CC\C=C/C=C\C=C/C=C\C=C/CCCC(=O)OCC(COC(=O)CC/C=C\C/C=C\C/C=C\C/C=C\C/C=C\C/C=C\CC)OC(=O)CCCCCCCCC/C=C\CCCCCCCC. The second-order valence-corrected chi connectivity index (χ2v) is 16.8. The van der Waals surface area contributed by atoms with E-state index in [0.29, 0.717) is 12.8 Å². The lowest BCUT2D eigenvalue weighted by Gasteiger charge is -2.18. The van der Waals surface area contributed by atoms with Crippen LogP contribution in [0, 0.1) is 0 Å². The van der Waals surface area contributed by atoms with E-state index in [1.807, 2.05) is 66.8 Å². The maximum atomic E-state index is 12.8. The number of esters is 3. The summed E-state index contributed by atoms with van der Waals surface area (Å²) in [4.78, 5) is 38.0. The molecule has 0 aliphatic carbocycles. The second kappa shape index (κ2) is 53.9. The molecule has 0 saturated carbocycles. The van der Waals surface area contributed by atoms with Crippen molar-refractivity contribution >= 4 is 17.9 Å². The van der Waals surface area contributed by atoms with Gasteiger partial charge in [0, 0.05) is 19.3 Å². The number of hydrogen-bond acceptors (Lipinski definition) is 6. The summed E-state index contributed by atoms with van der Waals surface area (Å²) >= 11 is 0. The Hall–Kier alpha value is -4.71. The Morgan fingerprint density at radius 2 is 0.701 bits per heavy atom. The molecule has 0 fully saturated rings. The standard InChI is InChI=1S/C61H94O6/c1-4-7-10-13-16-19-22-25-27-29-30-32-33-36-39-42-45-48-51-54-60(63)66-57-58(56-65-59(62)53-50-47-44-41-38-35-24-21-18-15-12-9-6-3)67-61(64)55-52-49-46-43-40-37-34-31-28-26-23-20-17-14-11-8-5-2/h7,9-10,12,15-16,18-19,21,24-28,30,32,35-36,38-39,41,44-45,48,58H,4-6,8,11,13-14,17,20,22-23,29,31,33-34,37,40,42-43,46-47,49-57H2,1-3H3/b10-7-,12-9-,18-15-,19-16-,24-21-,27-25-,28-26-,32-30-,38-35-,39-36-,44-41-,48-45-. The van der Waals surface area contributed by atoms with E-state index < -0.39 is 6.10 Å². The highest BCUT2D eigenvalue weighted by atomic mass is 16.6.